The Labute approximate surface area is 163 Å². The van der Waals surface area contributed by atoms with Crippen molar-refractivity contribution in [1.29, 1.82) is 0 Å². The first kappa shape index (κ1) is 27.6. The quantitative estimate of drug-likeness (QED) is 0.295. The number of nitrogens with zero attached hydrogens (tertiary/aromatic N) is 1. The molecule has 0 radical (unpaired) electrons. The van der Waals surface area contributed by atoms with Crippen molar-refractivity contribution in [3.05, 3.63) is 0 Å². The van der Waals surface area contributed by atoms with E-state index in [1.165, 1.54) is 109 Å². The topological polar surface area (TPSA) is 60.8 Å². The summed E-state index contributed by atoms with van der Waals surface area (Å²) >= 11 is 0. The number of aliphatic hydroxyl groups is 1. The average Bonchev–Trinajstić information content (AvgIpc) is 2.61. The average molecular weight is 374 g/mol. The van der Waals surface area contributed by atoms with E-state index in [0.717, 1.165) is 0 Å². The van der Waals surface area contributed by atoms with E-state index >= 15 is 0 Å². The third kappa shape index (κ3) is 31.2. The number of hydrogen-bond donors (Lipinski definition) is 2. The number of aliphatic carboxylic acids is 1. The molecule has 0 aromatic rings. The van der Waals surface area contributed by atoms with E-state index in [-0.39, 0.29) is 0 Å². The minimum Gasteiger partial charge on any atom is -0.480 e. The lowest BCUT2D eigenvalue weighted by molar-refractivity contribution is -0.140. The fraction of sp³-hybridized carbons (Fsp3) is 0.955. The predicted octanol–water partition coefficient (Wildman–Crippen LogP) is 5.87. The summed E-state index contributed by atoms with van der Waals surface area (Å²) in [7, 11) is 4.34. The maximum absolute atomic E-state index is 9.12. The highest BCUT2D eigenvalue weighted by Crippen LogP contribution is 2.13. The standard InChI is InChI=1S/C20H43N.C2H4O3/c1-4-5-6-7-8-9-10-11-12-13-14-15-16-17-18-19-20-21(2)3;3-1-2(4)5/h4-20H2,1-3H3;3H,1H2,(H,4,5). The van der Waals surface area contributed by atoms with Gasteiger partial charge in [-0.15, -0.1) is 0 Å². The fourth-order valence-corrected chi connectivity index (χ4v) is 2.98. The molecule has 0 amide bonds. The van der Waals surface area contributed by atoms with Gasteiger partial charge in [0, 0.05) is 0 Å². The van der Waals surface area contributed by atoms with Crippen molar-refractivity contribution in [3.8, 4) is 0 Å². The zero-order valence-corrected chi connectivity index (χ0v) is 18.0. The summed E-state index contributed by atoms with van der Waals surface area (Å²) in [5.41, 5.74) is 0. The SMILES string of the molecule is CCCCCCCCCCCCCCCCCCN(C)C.O=C(O)CO. The highest BCUT2D eigenvalue weighted by atomic mass is 16.4. The summed E-state index contributed by atoms with van der Waals surface area (Å²) in [6.07, 6.45) is 23.3. The van der Waals surface area contributed by atoms with E-state index in [1.807, 2.05) is 0 Å². The van der Waals surface area contributed by atoms with Crippen LogP contribution in [0.1, 0.15) is 110 Å². The van der Waals surface area contributed by atoms with Crippen LogP contribution in [-0.2, 0) is 4.79 Å². The second-order valence-corrected chi connectivity index (χ2v) is 7.66. The summed E-state index contributed by atoms with van der Waals surface area (Å²) in [4.78, 5) is 11.4. The molecule has 0 atom stereocenters. The number of aliphatic hydroxyl groups excluding tert-OH is 1. The number of carbonyl (C=O) groups is 1. The minimum atomic E-state index is -1.19. The van der Waals surface area contributed by atoms with Gasteiger partial charge in [-0.25, -0.2) is 4.79 Å². The van der Waals surface area contributed by atoms with Gasteiger partial charge >= 0.3 is 5.97 Å². The maximum atomic E-state index is 9.12. The van der Waals surface area contributed by atoms with Gasteiger partial charge in [0.15, 0.2) is 0 Å². The van der Waals surface area contributed by atoms with Crippen LogP contribution < -0.4 is 0 Å². The molecule has 0 bridgehead atoms. The highest BCUT2D eigenvalue weighted by Gasteiger charge is 1.95. The van der Waals surface area contributed by atoms with Gasteiger partial charge in [0.2, 0.25) is 0 Å². The molecule has 4 heteroatoms. The molecule has 0 spiro atoms. The van der Waals surface area contributed by atoms with Crippen LogP contribution in [0.3, 0.4) is 0 Å². The Hall–Kier alpha value is -0.610. The van der Waals surface area contributed by atoms with E-state index in [4.69, 9.17) is 15.0 Å². The van der Waals surface area contributed by atoms with Crippen LogP contribution in [0.5, 0.6) is 0 Å². The van der Waals surface area contributed by atoms with Crippen molar-refractivity contribution in [3.63, 3.8) is 0 Å². The summed E-state index contributed by atoms with van der Waals surface area (Å²) in [5, 5.41) is 15.0. The van der Waals surface area contributed by atoms with Crippen molar-refractivity contribution in [2.24, 2.45) is 0 Å². The van der Waals surface area contributed by atoms with Gasteiger partial charge in [0.05, 0.1) is 0 Å². The van der Waals surface area contributed by atoms with Gasteiger partial charge in [0.1, 0.15) is 6.61 Å². The van der Waals surface area contributed by atoms with Crippen molar-refractivity contribution < 1.29 is 15.0 Å². The molecule has 2 N–H and O–H groups in total. The predicted molar refractivity (Wildman–Crippen MR) is 113 cm³/mol. The van der Waals surface area contributed by atoms with E-state index < -0.39 is 12.6 Å². The van der Waals surface area contributed by atoms with Gasteiger partial charge in [0.25, 0.3) is 0 Å². The second-order valence-electron chi connectivity index (χ2n) is 7.66. The second kappa shape index (κ2) is 24.4. The minimum absolute atomic E-state index is 0.778. The van der Waals surface area contributed by atoms with Crippen LogP contribution >= 0.6 is 0 Å². The van der Waals surface area contributed by atoms with E-state index in [0.29, 0.717) is 0 Å². The summed E-state index contributed by atoms with van der Waals surface area (Å²) < 4.78 is 0. The Morgan fingerprint density at radius 3 is 1.15 bits per heavy atom. The van der Waals surface area contributed by atoms with Crippen LogP contribution in [0, 0.1) is 0 Å². The van der Waals surface area contributed by atoms with Crippen molar-refractivity contribution in [2.75, 3.05) is 27.2 Å². The molecule has 4 nitrogen and oxygen atoms in total. The number of unbranched alkanes of at least 4 members (excludes halogenated alkanes) is 15. The molecule has 0 saturated heterocycles. The largest absolute Gasteiger partial charge is 0.480 e. The summed E-state index contributed by atoms with van der Waals surface area (Å²) in [5.74, 6) is -1.19. The zero-order chi connectivity index (χ0) is 19.9. The number of carboxylic acid groups (broad SMARTS) is 1. The molecule has 26 heavy (non-hydrogen) atoms. The van der Waals surface area contributed by atoms with Crippen LogP contribution in [0.4, 0.5) is 0 Å². The Morgan fingerprint density at radius 1 is 0.654 bits per heavy atom. The smallest absolute Gasteiger partial charge is 0.329 e. The molecule has 0 aliphatic rings. The number of rotatable bonds is 18. The van der Waals surface area contributed by atoms with Crippen molar-refractivity contribution >= 4 is 5.97 Å². The van der Waals surface area contributed by atoms with Gasteiger partial charge < -0.3 is 15.1 Å². The van der Waals surface area contributed by atoms with E-state index in [1.54, 1.807) is 0 Å². The lowest BCUT2D eigenvalue weighted by atomic mass is 10.0. The zero-order valence-electron chi connectivity index (χ0n) is 18.0. The molecular weight excluding hydrogens is 326 g/mol. The molecule has 158 valence electrons. The van der Waals surface area contributed by atoms with Crippen LogP contribution in [0.15, 0.2) is 0 Å². The molecule has 0 heterocycles. The third-order valence-electron chi connectivity index (χ3n) is 4.59. The van der Waals surface area contributed by atoms with Crippen LogP contribution in [0.25, 0.3) is 0 Å². The van der Waals surface area contributed by atoms with E-state index in [9.17, 15) is 0 Å². The lowest BCUT2D eigenvalue weighted by Gasteiger charge is -2.08. The molecule has 0 aromatic carbocycles. The Kier molecular flexibility index (Phi) is 25.9. The van der Waals surface area contributed by atoms with Gasteiger partial charge in [-0.1, -0.05) is 103 Å². The van der Waals surface area contributed by atoms with Crippen molar-refractivity contribution in [2.45, 2.75) is 110 Å². The first-order valence-corrected chi connectivity index (χ1v) is 11.0. The first-order chi connectivity index (χ1) is 12.5. The summed E-state index contributed by atoms with van der Waals surface area (Å²) in [6, 6.07) is 0. The van der Waals surface area contributed by atoms with Gasteiger partial charge in [-0.3, -0.25) is 0 Å². The first-order valence-electron chi connectivity index (χ1n) is 11.0. The molecule has 0 aliphatic carbocycles. The fourth-order valence-electron chi connectivity index (χ4n) is 2.98. The molecule has 0 saturated carbocycles. The molecule has 0 rings (SSSR count). The Balaban J connectivity index is 0. The molecule has 0 fully saturated rings. The molecule has 0 aromatic heterocycles. The van der Waals surface area contributed by atoms with Gasteiger partial charge in [-0.2, -0.15) is 0 Å². The number of carboxylic acids is 1. The van der Waals surface area contributed by atoms with Crippen molar-refractivity contribution in [1.82, 2.24) is 4.90 Å². The van der Waals surface area contributed by atoms with Crippen LogP contribution in [-0.4, -0.2) is 48.3 Å². The summed E-state index contributed by atoms with van der Waals surface area (Å²) in [6.45, 7) is 2.78. The van der Waals surface area contributed by atoms with Crippen LogP contribution in [0.2, 0.25) is 0 Å². The highest BCUT2D eigenvalue weighted by molar-refractivity contribution is 5.67. The normalized spacial score (nSPS) is 10.7. The molecule has 0 aliphatic heterocycles. The number of hydrogen-bond acceptors (Lipinski definition) is 3. The Morgan fingerprint density at radius 2 is 0.923 bits per heavy atom. The Bertz CT molecular complexity index is 270. The van der Waals surface area contributed by atoms with E-state index in [2.05, 4.69) is 25.9 Å². The molecule has 0 unspecified atom stereocenters. The maximum Gasteiger partial charge on any atom is 0.329 e. The monoisotopic (exact) mass is 373 g/mol. The van der Waals surface area contributed by atoms with Gasteiger partial charge in [-0.05, 0) is 27.1 Å². The lowest BCUT2D eigenvalue weighted by Crippen LogP contribution is -2.12. The third-order valence-corrected chi connectivity index (χ3v) is 4.59. The molecular formula is C22H47NO3.